The average molecular weight is 327 g/mol. The van der Waals surface area contributed by atoms with Crippen LogP contribution in [0.5, 0.6) is 0 Å². The number of benzene rings is 2. The van der Waals surface area contributed by atoms with E-state index in [4.69, 9.17) is 4.74 Å². The number of carbonyl (C=O) groups excluding carboxylic acids is 3. The first kappa shape index (κ1) is 17.2. The number of methoxy groups -OCH3 is 1. The van der Waals surface area contributed by atoms with Crippen molar-refractivity contribution < 1.29 is 23.9 Å². The van der Waals surface area contributed by atoms with E-state index in [9.17, 15) is 14.4 Å². The maximum Gasteiger partial charge on any atom is 0.338 e. The topological polar surface area (TPSA) is 81.7 Å². The molecule has 0 aliphatic heterocycles. The summed E-state index contributed by atoms with van der Waals surface area (Å²) >= 11 is 0. The van der Waals surface area contributed by atoms with E-state index in [1.165, 1.54) is 7.11 Å². The summed E-state index contributed by atoms with van der Waals surface area (Å²) in [5, 5.41) is 2.28. The lowest BCUT2D eigenvalue weighted by atomic mass is 10.0. The summed E-state index contributed by atoms with van der Waals surface area (Å²) in [6.45, 7) is -0.727. The number of esters is 2. The van der Waals surface area contributed by atoms with E-state index in [0.29, 0.717) is 5.56 Å². The number of amides is 1. The van der Waals surface area contributed by atoms with Crippen molar-refractivity contribution in [3.05, 3.63) is 60.2 Å². The van der Waals surface area contributed by atoms with Crippen LogP contribution >= 0.6 is 0 Å². The molecule has 6 heteroatoms. The van der Waals surface area contributed by atoms with Gasteiger partial charge in [0.2, 0.25) is 0 Å². The van der Waals surface area contributed by atoms with Gasteiger partial charge in [-0.25, -0.2) is 4.79 Å². The van der Waals surface area contributed by atoms with Crippen molar-refractivity contribution in [2.75, 3.05) is 20.3 Å². The van der Waals surface area contributed by atoms with Crippen LogP contribution in [0.2, 0.25) is 0 Å². The normalized spacial score (nSPS) is 9.88. The number of rotatable bonds is 6. The van der Waals surface area contributed by atoms with E-state index in [-0.39, 0.29) is 6.54 Å². The Morgan fingerprint density at radius 2 is 1.54 bits per heavy atom. The molecule has 2 aromatic carbocycles. The van der Waals surface area contributed by atoms with Gasteiger partial charge < -0.3 is 14.8 Å². The molecular weight excluding hydrogens is 310 g/mol. The monoisotopic (exact) mass is 327 g/mol. The molecule has 0 bridgehead atoms. The predicted octanol–water partition coefficient (Wildman–Crippen LogP) is 1.80. The zero-order valence-corrected chi connectivity index (χ0v) is 13.2. The Labute approximate surface area is 139 Å². The fourth-order valence-corrected chi connectivity index (χ4v) is 1.94. The maximum atomic E-state index is 11.9. The second-order valence-corrected chi connectivity index (χ2v) is 4.87. The first-order valence-electron chi connectivity index (χ1n) is 7.26. The van der Waals surface area contributed by atoms with Crippen LogP contribution in [0.15, 0.2) is 54.6 Å². The number of hydrogen-bond donors (Lipinski definition) is 1. The van der Waals surface area contributed by atoms with Crippen molar-refractivity contribution in [2.45, 2.75) is 0 Å². The van der Waals surface area contributed by atoms with Crippen LogP contribution in [0.25, 0.3) is 11.1 Å². The highest BCUT2D eigenvalue weighted by molar-refractivity contribution is 5.92. The highest BCUT2D eigenvalue weighted by Crippen LogP contribution is 2.19. The molecule has 2 rings (SSSR count). The SMILES string of the molecule is COC(=O)CNC(=O)COC(=O)c1ccc(-c2ccccc2)cc1. The molecule has 0 fully saturated rings. The minimum atomic E-state index is -0.608. The van der Waals surface area contributed by atoms with Gasteiger partial charge in [0.1, 0.15) is 6.54 Å². The van der Waals surface area contributed by atoms with Crippen molar-refractivity contribution in [1.29, 1.82) is 0 Å². The minimum Gasteiger partial charge on any atom is -0.468 e. The number of nitrogens with one attached hydrogen (secondary N) is 1. The highest BCUT2D eigenvalue weighted by atomic mass is 16.5. The molecule has 0 saturated carbocycles. The lowest BCUT2D eigenvalue weighted by Crippen LogP contribution is -2.33. The van der Waals surface area contributed by atoms with Crippen molar-refractivity contribution in [3.63, 3.8) is 0 Å². The van der Waals surface area contributed by atoms with Crippen LogP contribution in [0.1, 0.15) is 10.4 Å². The molecule has 1 amide bonds. The molecule has 124 valence electrons. The third-order valence-corrected chi connectivity index (χ3v) is 3.22. The lowest BCUT2D eigenvalue weighted by molar-refractivity contribution is -0.141. The summed E-state index contributed by atoms with van der Waals surface area (Å²) in [5.41, 5.74) is 2.36. The standard InChI is InChI=1S/C18H17NO5/c1-23-17(21)11-19-16(20)12-24-18(22)15-9-7-14(8-10-15)13-5-3-2-4-6-13/h2-10H,11-12H2,1H3,(H,19,20). The van der Waals surface area contributed by atoms with Gasteiger partial charge in [-0.1, -0.05) is 42.5 Å². The van der Waals surface area contributed by atoms with Gasteiger partial charge in [0.15, 0.2) is 6.61 Å². The Morgan fingerprint density at radius 3 is 2.17 bits per heavy atom. The summed E-state index contributed by atoms with van der Waals surface area (Å²) in [7, 11) is 1.22. The summed E-state index contributed by atoms with van der Waals surface area (Å²) in [5.74, 6) is -1.76. The second kappa shape index (κ2) is 8.47. The molecule has 0 spiro atoms. The van der Waals surface area contributed by atoms with E-state index in [0.717, 1.165) is 11.1 Å². The zero-order valence-electron chi connectivity index (χ0n) is 13.2. The average Bonchev–Trinajstić information content (AvgIpc) is 2.64. The molecular formula is C18H17NO5. The van der Waals surface area contributed by atoms with Crippen LogP contribution in [-0.4, -0.2) is 38.1 Å². The summed E-state index contributed by atoms with van der Waals surface area (Å²) in [4.78, 5) is 34.2. The molecule has 0 radical (unpaired) electrons. The van der Waals surface area contributed by atoms with E-state index in [1.807, 2.05) is 42.5 Å². The van der Waals surface area contributed by atoms with Crippen LogP contribution < -0.4 is 5.32 Å². The number of carbonyl (C=O) groups is 3. The Hall–Kier alpha value is -3.15. The summed E-state index contributed by atoms with van der Waals surface area (Å²) < 4.78 is 9.28. The molecule has 0 heterocycles. The minimum absolute atomic E-state index is 0.265. The molecule has 0 saturated heterocycles. The molecule has 0 aromatic heterocycles. The van der Waals surface area contributed by atoms with Crippen LogP contribution in [0.3, 0.4) is 0 Å². The third-order valence-electron chi connectivity index (χ3n) is 3.22. The van der Waals surface area contributed by atoms with Crippen molar-refractivity contribution in [1.82, 2.24) is 5.32 Å². The van der Waals surface area contributed by atoms with Crippen LogP contribution in [0.4, 0.5) is 0 Å². The van der Waals surface area contributed by atoms with Gasteiger partial charge in [0, 0.05) is 0 Å². The largest absolute Gasteiger partial charge is 0.468 e. The van der Waals surface area contributed by atoms with Gasteiger partial charge in [-0.15, -0.1) is 0 Å². The second-order valence-electron chi connectivity index (χ2n) is 4.87. The number of hydrogen-bond acceptors (Lipinski definition) is 5. The van der Waals surface area contributed by atoms with Gasteiger partial charge in [0.25, 0.3) is 5.91 Å². The van der Waals surface area contributed by atoms with E-state index in [1.54, 1.807) is 12.1 Å². The smallest absolute Gasteiger partial charge is 0.338 e. The van der Waals surface area contributed by atoms with E-state index < -0.39 is 24.5 Å². The van der Waals surface area contributed by atoms with Gasteiger partial charge in [-0.05, 0) is 23.3 Å². The van der Waals surface area contributed by atoms with Gasteiger partial charge in [-0.2, -0.15) is 0 Å². The van der Waals surface area contributed by atoms with Crippen molar-refractivity contribution in [3.8, 4) is 11.1 Å². The Kier molecular flexibility index (Phi) is 6.08. The first-order valence-corrected chi connectivity index (χ1v) is 7.26. The molecule has 0 unspecified atom stereocenters. The van der Waals surface area contributed by atoms with Crippen molar-refractivity contribution in [2.24, 2.45) is 0 Å². The zero-order chi connectivity index (χ0) is 17.4. The molecule has 24 heavy (non-hydrogen) atoms. The van der Waals surface area contributed by atoms with E-state index >= 15 is 0 Å². The van der Waals surface area contributed by atoms with Crippen molar-refractivity contribution >= 4 is 17.8 Å². The lowest BCUT2D eigenvalue weighted by Gasteiger charge is -2.07. The quantitative estimate of drug-likeness (QED) is 0.818. The van der Waals surface area contributed by atoms with Crippen LogP contribution in [0, 0.1) is 0 Å². The molecule has 2 aromatic rings. The fraction of sp³-hybridized carbons (Fsp3) is 0.167. The molecule has 0 aliphatic carbocycles. The summed E-state index contributed by atoms with van der Waals surface area (Å²) in [6, 6.07) is 16.6. The van der Waals surface area contributed by atoms with Gasteiger partial charge in [-0.3, -0.25) is 9.59 Å². The Balaban J connectivity index is 1.87. The number of ether oxygens (including phenoxy) is 2. The third kappa shape index (κ3) is 4.95. The maximum absolute atomic E-state index is 11.9. The summed E-state index contributed by atoms with van der Waals surface area (Å²) in [6.07, 6.45) is 0. The van der Waals surface area contributed by atoms with Crippen LogP contribution in [-0.2, 0) is 19.1 Å². The molecule has 0 atom stereocenters. The molecule has 1 N–H and O–H groups in total. The Bertz CT molecular complexity index is 710. The molecule has 0 aliphatic rings. The molecule has 6 nitrogen and oxygen atoms in total. The van der Waals surface area contributed by atoms with Gasteiger partial charge >= 0.3 is 11.9 Å². The van der Waals surface area contributed by atoms with E-state index in [2.05, 4.69) is 10.1 Å². The Morgan fingerprint density at radius 1 is 0.917 bits per heavy atom. The first-order chi connectivity index (χ1) is 11.6. The van der Waals surface area contributed by atoms with Gasteiger partial charge in [0.05, 0.1) is 12.7 Å². The fourth-order valence-electron chi connectivity index (χ4n) is 1.94. The predicted molar refractivity (Wildman–Crippen MR) is 87.2 cm³/mol. The highest BCUT2D eigenvalue weighted by Gasteiger charge is 2.11.